The van der Waals surface area contributed by atoms with Crippen molar-refractivity contribution in [3.8, 4) is 0 Å². The van der Waals surface area contributed by atoms with E-state index in [1.165, 1.54) is 25.7 Å². The molecule has 2 unspecified atom stereocenters. The van der Waals surface area contributed by atoms with Gasteiger partial charge in [0.25, 0.3) is 0 Å². The minimum Gasteiger partial charge on any atom is -0.381 e. The van der Waals surface area contributed by atoms with Crippen molar-refractivity contribution >= 4 is 11.9 Å². The molecule has 0 spiro atoms. The summed E-state index contributed by atoms with van der Waals surface area (Å²) in [5, 5.41) is 0. The summed E-state index contributed by atoms with van der Waals surface area (Å²) < 4.78 is 5.51. The van der Waals surface area contributed by atoms with Crippen LogP contribution in [-0.2, 0) is 4.74 Å². The molecule has 2 N–H and O–H groups in total. The van der Waals surface area contributed by atoms with Crippen molar-refractivity contribution in [2.45, 2.75) is 31.6 Å². The summed E-state index contributed by atoms with van der Waals surface area (Å²) in [5.41, 5.74) is 5.84. The highest BCUT2D eigenvalue weighted by atomic mass is 16.5. The topological polar surface area (TPSA) is 77.2 Å². The summed E-state index contributed by atoms with van der Waals surface area (Å²) in [7, 11) is 0. The Morgan fingerprint density at radius 3 is 2.70 bits per heavy atom. The van der Waals surface area contributed by atoms with Crippen LogP contribution in [0.2, 0.25) is 0 Å². The van der Waals surface area contributed by atoms with Gasteiger partial charge in [-0.2, -0.15) is 15.0 Å². The number of aromatic nitrogens is 3. The van der Waals surface area contributed by atoms with Crippen molar-refractivity contribution in [1.29, 1.82) is 0 Å². The second kappa shape index (κ2) is 4.84. The number of anilines is 2. The predicted molar refractivity (Wildman–Crippen MR) is 75.5 cm³/mol. The minimum atomic E-state index is 0.365. The average Bonchev–Trinajstić information content (AvgIpc) is 2.96. The fraction of sp³-hybridized carbons (Fsp3) is 0.786. The molecule has 108 valence electrons. The molecule has 2 atom stereocenters. The highest BCUT2D eigenvalue weighted by molar-refractivity contribution is 5.37. The molecule has 0 aromatic carbocycles. The van der Waals surface area contributed by atoms with Crippen LogP contribution in [-0.4, -0.2) is 41.3 Å². The molecule has 3 aliphatic rings. The molecule has 1 aliphatic carbocycles. The first kappa shape index (κ1) is 12.3. The summed E-state index contributed by atoms with van der Waals surface area (Å²) in [5.74, 6) is 3.97. The average molecular weight is 275 g/mol. The lowest BCUT2D eigenvalue weighted by molar-refractivity contribution is 0.174. The van der Waals surface area contributed by atoms with E-state index in [2.05, 4.69) is 19.9 Å². The largest absolute Gasteiger partial charge is 0.381 e. The molecule has 3 fully saturated rings. The maximum absolute atomic E-state index is 5.84. The Morgan fingerprint density at radius 2 is 1.95 bits per heavy atom. The summed E-state index contributed by atoms with van der Waals surface area (Å²) in [6.07, 6.45) is 4.78. The van der Waals surface area contributed by atoms with Gasteiger partial charge >= 0.3 is 0 Å². The molecular formula is C14H21N5O. The maximum Gasteiger partial charge on any atom is 0.230 e. The molecule has 2 saturated heterocycles. The van der Waals surface area contributed by atoms with Gasteiger partial charge in [-0.1, -0.05) is 0 Å². The Kier molecular flexibility index (Phi) is 2.98. The van der Waals surface area contributed by atoms with Gasteiger partial charge in [0.1, 0.15) is 5.82 Å². The zero-order valence-corrected chi connectivity index (χ0v) is 11.7. The molecule has 4 rings (SSSR count). The second-order valence-electron chi connectivity index (χ2n) is 6.24. The number of hydrogen-bond acceptors (Lipinski definition) is 6. The van der Waals surface area contributed by atoms with E-state index in [1.807, 2.05) is 0 Å². The molecule has 1 aromatic rings. The van der Waals surface area contributed by atoms with Crippen LogP contribution in [0.5, 0.6) is 0 Å². The quantitative estimate of drug-likeness (QED) is 0.893. The van der Waals surface area contributed by atoms with Gasteiger partial charge in [-0.25, -0.2) is 0 Å². The Labute approximate surface area is 118 Å². The standard InChI is InChI=1S/C14H21N5O/c15-13-16-12(9-1-2-9)17-14(18-13)19-5-3-10(7-19)11-4-6-20-8-11/h9-11H,1-8H2,(H2,15,16,17,18). The van der Waals surface area contributed by atoms with Gasteiger partial charge in [0.2, 0.25) is 11.9 Å². The third kappa shape index (κ3) is 2.32. The summed E-state index contributed by atoms with van der Waals surface area (Å²) in [6, 6.07) is 0. The maximum atomic E-state index is 5.84. The number of nitrogens with two attached hydrogens (primary N) is 1. The van der Waals surface area contributed by atoms with Crippen LogP contribution in [0.3, 0.4) is 0 Å². The predicted octanol–water partition coefficient (Wildman–Crippen LogP) is 1.19. The zero-order chi connectivity index (χ0) is 13.5. The fourth-order valence-corrected chi connectivity index (χ4v) is 3.34. The highest BCUT2D eigenvalue weighted by Crippen LogP contribution is 2.39. The van der Waals surface area contributed by atoms with E-state index in [0.29, 0.717) is 23.7 Å². The first-order chi connectivity index (χ1) is 9.79. The molecule has 2 aliphatic heterocycles. The minimum absolute atomic E-state index is 0.365. The van der Waals surface area contributed by atoms with Gasteiger partial charge in [-0.15, -0.1) is 0 Å². The molecule has 20 heavy (non-hydrogen) atoms. The van der Waals surface area contributed by atoms with Crippen LogP contribution in [0, 0.1) is 11.8 Å². The molecule has 3 heterocycles. The van der Waals surface area contributed by atoms with Crippen molar-refractivity contribution in [2.24, 2.45) is 11.8 Å². The van der Waals surface area contributed by atoms with Crippen LogP contribution in [0.4, 0.5) is 11.9 Å². The molecule has 6 nitrogen and oxygen atoms in total. The number of ether oxygens (including phenoxy) is 1. The van der Waals surface area contributed by atoms with Gasteiger partial charge in [-0.3, -0.25) is 0 Å². The van der Waals surface area contributed by atoms with E-state index in [4.69, 9.17) is 10.5 Å². The van der Waals surface area contributed by atoms with Crippen molar-refractivity contribution in [2.75, 3.05) is 36.9 Å². The third-order valence-electron chi connectivity index (χ3n) is 4.74. The first-order valence-corrected chi connectivity index (χ1v) is 7.64. The molecular weight excluding hydrogens is 254 g/mol. The number of nitrogens with zero attached hydrogens (tertiary/aromatic N) is 4. The van der Waals surface area contributed by atoms with E-state index in [9.17, 15) is 0 Å². The van der Waals surface area contributed by atoms with E-state index >= 15 is 0 Å². The molecule has 0 radical (unpaired) electrons. The van der Waals surface area contributed by atoms with Crippen molar-refractivity contribution in [1.82, 2.24) is 15.0 Å². The highest BCUT2D eigenvalue weighted by Gasteiger charge is 2.34. The number of nitrogen functional groups attached to an aromatic ring is 1. The Hall–Kier alpha value is -1.43. The van der Waals surface area contributed by atoms with Gasteiger partial charge < -0.3 is 15.4 Å². The Morgan fingerprint density at radius 1 is 1.05 bits per heavy atom. The SMILES string of the molecule is Nc1nc(C2CC2)nc(N2CCC(C3CCOC3)C2)n1. The van der Waals surface area contributed by atoms with E-state index in [1.54, 1.807) is 0 Å². The van der Waals surface area contributed by atoms with Gasteiger partial charge in [0, 0.05) is 32.2 Å². The molecule has 1 saturated carbocycles. The lowest BCUT2D eigenvalue weighted by Gasteiger charge is -2.19. The fourth-order valence-electron chi connectivity index (χ4n) is 3.34. The summed E-state index contributed by atoms with van der Waals surface area (Å²) in [6.45, 7) is 3.90. The Balaban J connectivity index is 1.50. The smallest absolute Gasteiger partial charge is 0.230 e. The van der Waals surface area contributed by atoms with E-state index in [-0.39, 0.29) is 0 Å². The lowest BCUT2D eigenvalue weighted by Crippen LogP contribution is -2.25. The van der Waals surface area contributed by atoms with Crippen LogP contribution >= 0.6 is 0 Å². The van der Waals surface area contributed by atoms with Crippen molar-refractivity contribution in [3.05, 3.63) is 5.82 Å². The van der Waals surface area contributed by atoms with E-state index in [0.717, 1.165) is 38.1 Å². The van der Waals surface area contributed by atoms with Crippen LogP contribution in [0.15, 0.2) is 0 Å². The molecule has 1 aromatic heterocycles. The lowest BCUT2D eigenvalue weighted by atomic mass is 9.91. The molecule has 0 amide bonds. The van der Waals surface area contributed by atoms with Gasteiger partial charge in [-0.05, 0) is 37.5 Å². The van der Waals surface area contributed by atoms with Crippen LogP contribution in [0.25, 0.3) is 0 Å². The van der Waals surface area contributed by atoms with Gasteiger partial charge in [0.15, 0.2) is 0 Å². The van der Waals surface area contributed by atoms with E-state index < -0.39 is 0 Å². The zero-order valence-electron chi connectivity index (χ0n) is 11.7. The summed E-state index contributed by atoms with van der Waals surface area (Å²) in [4.78, 5) is 15.5. The van der Waals surface area contributed by atoms with Crippen molar-refractivity contribution in [3.63, 3.8) is 0 Å². The number of rotatable bonds is 3. The number of hydrogen-bond donors (Lipinski definition) is 1. The van der Waals surface area contributed by atoms with Crippen LogP contribution < -0.4 is 10.6 Å². The second-order valence-corrected chi connectivity index (χ2v) is 6.24. The van der Waals surface area contributed by atoms with Gasteiger partial charge in [0.05, 0.1) is 0 Å². The normalized spacial score (nSPS) is 30.1. The monoisotopic (exact) mass is 275 g/mol. The molecule has 6 heteroatoms. The Bertz CT molecular complexity index is 498. The summed E-state index contributed by atoms with van der Waals surface area (Å²) >= 11 is 0. The first-order valence-electron chi connectivity index (χ1n) is 7.64. The van der Waals surface area contributed by atoms with Crippen molar-refractivity contribution < 1.29 is 4.74 Å². The third-order valence-corrected chi connectivity index (χ3v) is 4.74. The molecule has 0 bridgehead atoms. The van der Waals surface area contributed by atoms with Crippen LogP contribution in [0.1, 0.15) is 37.4 Å².